The van der Waals surface area contributed by atoms with E-state index in [0.717, 1.165) is 4.88 Å². The number of hydrogen-bond acceptors (Lipinski definition) is 6. The van der Waals surface area contributed by atoms with Crippen molar-refractivity contribution in [3.05, 3.63) is 11.7 Å². The summed E-state index contributed by atoms with van der Waals surface area (Å²) in [6.07, 6.45) is 1.61. The minimum Gasteiger partial charge on any atom is -0.294 e. The van der Waals surface area contributed by atoms with Crippen LogP contribution in [0.2, 0.25) is 0 Å². The van der Waals surface area contributed by atoms with Crippen molar-refractivity contribution in [3.8, 4) is 10.7 Å². The van der Waals surface area contributed by atoms with E-state index in [1.807, 2.05) is 13.8 Å². The molecule has 0 saturated heterocycles. The number of halogens is 1. The van der Waals surface area contributed by atoms with Crippen molar-refractivity contribution in [2.24, 2.45) is 0 Å². The quantitative estimate of drug-likeness (QED) is 0.808. The van der Waals surface area contributed by atoms with Gasteiger partial charge in [-0.2, -0.15) is 0 Å². The van der Waals surface area contributed by atoms with Crippen molar-refractivity contribution >= 4 is 31.1 Å². The molecule has 0 unspecified atom stereocenters. The summed E-state index contributed by atoms with van der Waals surface area (Å²) >= 11 is 1.36. The van der Waals surface area contributed by atoms with Crippen molar-refractivity contribution in [3.63, 3.8) is 0 Å². The minimum absolute atomic E-state index is 0.120. The molecule has 6 nitrogen and oxygen atoms in total. The zero-order valence-corrected chi connectivity index (χ0v) is 11.4. The Kier molecular flexibility index (Phi) is 3.19. The van der Waals surface area contributed by atoms with E-state index in [-0.39, 0.29) is 11.2 Å². The highest BCUT2D eigenvalue weighted by atomic mass is 35.7. The van der Waals surface area contributed by atoms with E-state index >= 15 is 0 Å². The summed E-state index contributed by atoms with van der Waals surface area (Å²) in [6.45, 7) is 3.67. The Balaban J connectivity index is 2.68. The highest BCUT2D eigenvalue weighted by Crippen LogP contribution is 2.28. The van der Waals surface area contributed by atoms with Crippen LogP contribution in [-0.2, 0) is 9.05 Å². The van der Waals surface area contributed by atoms with Crippen LogP contribution in [0, 0.1) is 0 Å². The second kappa shape index (κ2) is 4.35. The summed E-state index contributed by atoms with van der Waals surface area (Å²) in [4.78, 5) is 4.67. The lowest BCUT2D eigenvalue weighted by atomic mass is 10.3. The average Bonchev–Trinajstić information content (AvgIpc) is 2.84. The molecule has 0 atom stereocenters. The largest absolute Gasteiger partial charge is 0.296 e. The van der Waals surface area contributed by atoms with E-state index in [1.54, 1.807) is 11.7 Å². The number of thiazole rings is 1. The van der Waals surface area contributed by atoms with Gasteiger partial charge in [0.2, 0.25) is 0 Å². The Bertz CT molecular complexity index is 618. The van der Waals surface area contributed by atoms with Gasteiger partial charge in [-0.25, -0.2) is 8.42 Å². The van der Waals surface area contributed by atoms with Gasteiger partial charge in [-0.3, -0.25) is 9.55 Å². The molecule has 0 spiro atoms. The summed E-state index contributed by atoms with van der Waals surface area (Å²) in [5.41, 5.74) is 1.64. The molecule has 0 fully saturated rings. The van der Waals surface area contributed by atoms with Crippen LogP contribution >= 0.6 is 22.0 Å². The Morgan fingerprint density at radius 2 is 2.12 bits per heavy atom. The Labute approximate surface area is 107 Å². The van der Waals surface area contributed by atoms with Crippen LogP contribution in [0.4, 0.5) is 0 Å². The lowest BCUT2D eigenvalue weighted by molar-refractivity contribution is 0.531. The third-order valence-electron chi connectivity index (χ3n) is 2.05. The highest BCUT2D eigenvalue weighted by molar-refractivity contribution is 8.13. The van der Waals surface area contributed by atoms with Gasteiger partial charge in [0.1, 0.15) is 0 Å². The second-order valence-corrected chi connectivity index (χ2v) is 6.92. The normalized spacial score (nSPS) is 12.2. The summed E-state index contributed by atoms with van der Waals surface area (Å²) in [6, 6.07) is -0.120. The highest BCUT2D eigenvalue weighted by Gasteiger charge is 2.25. The zero-order valence-electron chi connectivity index (χ0n) is 9.03. The fourth-order valence-electron chi connectivity index (χ4n) is 1.40. The standard InChI is InChI=1S/C8H9ClN4O2S2/c1-5(2)13-7(6-3-10-4-16-6)11-12-8(13)17(9,14)15/h3-5H,1-2H3. The van der Waals surface area contributed by atoms with Crippen molar-refractivity contribution in [2.45, 2.75) is 25.0 Å². The molecule has 0 radical (unpaired) electrons. The molecule has 9 heteroatoms. The van der Waals surface area contributed by atoms with Crippen molar-refractivity contribution in [1.29, 1.82) is 0 Å². The monoisotopic (exact) mass is 292 g/mol. The number of hydrogen-bond donors (Lipinski definition) is 0. The molecular weight excluding hydrogens is 284 g/mol. The van der Waals surface area contributed by atoms with Gasteiger partial charge in [0, 0.05) is 22.9 Å². The molecule has 0 saturated carbocycles. The van der Waals surface area contributed by atoms with Crippen LogP contribution in [0.3, 0.4) is 0 Å². The Morgan fingerprint density at radius 1 is 1.41 bits per heavy atom. The first-order valence-corrected chi connectivity index (χ1v) is 7.88. The summed E-state index contributed by atoms with van der Waals surface area (Å²) < 4.78 is 24.2. The molecule has 2 heterocycles. The summed E-state index contributed by atoms with van der Waals surface area (Å²) in [7, 11) is 1.42. The summed E-state index contributed by atoms with van der Waals surface area (Å²) in [5.74, 6) is 0.460. The predicted octanol–water partition coefficient (Wildman–Crippen LogP) is 1.91. The molecule has 0 aliphatic carbocycles. The maximum atomic E-state index is 11.4. The first kappa shape index (κ1) is 12.5. The molecule has 0 aliphatic rings. The molecule has 0 aromatic carbocycles. The lowest BCUT2D eigenvalue weighted by Gasteiger charge is -2.10. The molecule has 0 aliphatic heterocycles. The molecule has 0 amide bonds. The molecular formula is C8H9ClN4O2S2. The number of rotatable bonds is 3. The third kappa shape index (κ3) is 2.33. The first-order chi connectivity index (χ1) is 7.91. The van der Waals surface area contributed by atoms with E-state index in [0.29, 0.717) is 5.82 Å². The van der Waals surface area contributed by atoms with Crippen molar-refractivity contribution < 1.29 is 8.42 Å². The van der Waals surface area contributed by atoms with Gasteiger partial charge in [-0.1, -0.05) is 0 Å². The van der Waals surface area contributed by atoms with Crippen LogP contribution in [-0.4, -0.2) is 28.2 Å². The van der Waals surface area contributed by atoms with Crippen LogP contribution in [0.25, 0.3) is 10.7 Å². The fourth-order valence-corrected chi connectivity index (χ4v) is 2.99. The lowest BCUT2D eigenvalue weighted by Crippen LogP contribution is -2.09. The van der Waals surface area contributed by atoms with Crippen LogP contribution in [0.1, 0.15) is 19.9 Å². The van der Waals surface area contributed by atoms with Gasteiger partial charge >= 0.3 is 0 Å². The summed E-state index contributed by atoms with van der Waals surface area (Å²) in [5, 5.41) is 7.26. The molecule has 17 heavy (non-hydrogen) atoms. The van der Waals surface area contributed by atoms with Gasteiger partial charge in [0.05, 0.1) is 10.4 Å². The maximum absolute atomic E-state index is 11.4. The molecule has 0 bridgehead atoms. The Morgan fingerprint density at radius 3 is 2.59 bits per heavy atom. The first-order valence-electron chi connectivity index (χ1n) is 4.69. The van der Waals surface area contributed by atoms with E-state index in [2.05, 4.69) is 15.2 Å². The molecule has 2 rings (SSSR count). The van der Waals surface area contributed by atoms with Gasteiger partial charge in [-0.05, 0) is 13.8 Å². The van der Waals surface area contributed by atoms with Crippen LogP contribution in [0.15, 0.2) is 16.9 Å². The fraction of sp³-hybridized carbons (Fsp3) is 0.375. The number of aromatic nitrogens is 4. The minimum atomic E-state index is -3.90. The third-order valence-corrected chi connectivity index (χ3v) is 3.95. The van der Waals surface area contributed by atoms with Crippen molar-refractivity contribution in [2.75, 3.05) is 0 Å². The van der Waals surface area contributed by atoms with Gasteiger partial charge in [-0.15, -0.1) is 21.5 Å². The van der Waals surface area contributed by atoms with Crippen molar-refractivity contribution in [1.82, 2.24) is 19.7 Å². The zero-order chi connectivity index (χ0) is 12.6. The Hall–Kier alpha value is -0.990. The van der Waals surface area contributed by atoms with Gasteiger partial charge in [0.15, 0.2) is 5.82 Å². The van der Waals surface area contributed by atoms with Gasteiger partial charge in [0.25, 0.3) is 14.2 Å². The smallest absolute Gasteiger partial charge is 0.294 e. The predicted molar refractivity (Wildman–Crippen MR) is 64.6 cm³/mol. The maximum Gasteiger partial charge on any atom is 0.296 e. The second-order valence-electron chi connectivity index (χ2n) is 3.57. The molecule has 92 valence electrons. The number of nitrogens with zero attached hydrogens (tertiary/aromatic N) is 4. The van der Waals surface area contributed by atoms with E-state index in [1.165, 1.54) is 15.9 Å². The van der Waals surface area contributed by atoms with E-state index in [4.69, 9.17) is 10.7 Å². The molecule has 0 N–H and O–H groups in total. The molecule has 2 aromatic rings. The van der Waals surface area contributed by atoms with E-state index < -0.39 is 9.05 Å². The van der Waals surface area contributed by atoms with Crippen LogP contribution < -0.4 is 0 Å². The average molecular weight is 293 g/mol. The van der Waals surface area contributed by atoms with Crippen LogP contribution in [0.5, 0.6) is 0 Å². The van der Waals surface area contributed by atoms with Gasteiger partial charge < -0.3 is 0 Å². The SMILES string of the molecule is CC(C)n1c(-c2cncs2)nnc1S(=O)(=O)Cl. The molecule has 2 aromatic heterocycles. The topological polar surface area (TPSA) is 77.7 Å². The van der Waals surface area contributed by atoms with E-state index in [9.17, 15) is 8.42 Å².